The van der Waals surface area contributed by atoms with Crippen molar-refractivity contribution in [1.29, 1.82) is 0 Å². The standard InChI is InChI=1S/C17H19N3O2S/c21-16(14-6-3-12-22-14)19-8-4-9-20(11-10-19)17-18-13-5-1-2-7-15(13)23-17/h1-3,5-7,12,16,21H,4,8-11H2. The predicted octanol–water partition coefficient (Wildman–Crippen LogP) is 3.09. The molecule has 1 atom stereocenters. The number of hydrogen-bond donors (Lipinski definition) is 1. The molecule has 0 spiro atoms. The van der Waals surface area contributed by atoms with Gasteiger partial charge in [0, 0.05) is 26.2 Å². The van der Waals surface area contributed by atoms with Crippen LogP contribution in [0.15, 0.2) is 47.1 Å². The Morgan fingerprint density at radius 1 is 1.09 bits per heavy atom. The van der Waals surface area contributed by atoms with Crippen molar-refractivity contribution >= 4 is 26.7 Å². The summed E-state index contributed by atoms with van der Waals surface area (Å²) in [5.41, 5.74) is 1.06. The summed E-state index contributed by atoms with van der Waals surface area (Å²) in [6.45, 7) is 3.46. The van der Waals surface area contributed by atoms with Gasteiger partial charge in [-0.1, -0.05) is 23.5 Å². The Kier molecular flexibility index (Phi) is 4.03. The molecule has 3 aromatic rings. The first-order chi connectivity index (χ1) is 11.3. The third kappa shape index (κ3) is 2.97. The highest BCUT2D eigenvalue weighted by atomic mass is 32.1. The Labute approximate surface area is 138 Å². The summed E-state index contributed by atoms with van der Waals surface area (Å²) in [5, 5.41) is 11.5. The van der Waals surface area contributed by atoms with Crippen LogP contribution in [-0.4, -0.2) is 41.2 Å². The van der Waals surface area contributed by atoms with Crippen LogP contribution in [0.4, 0.5) is 5.13 Å². The maximum Gasteiger partial charge on any atom is 0.186 e. The van der Waals surface area contributed by atoms with Gasteiger partial charge in [-0.15, -0.1) is 0 Å². The van der Waals surface area contributed by atoms with Crippen LogP contribution in [0.3, 0.4) is 0 Å². The van der Waals surface area contributed by atoms with Crippen LogP contribution in [0.25, 0.3) is 10.2 Å². The van der Waals surface area contributed by atoms with E-state index in [2.05, 4.69) is 21.9 Å². The van der Waals surface area contributed by atoms with Crippen LogP contribution >= 0.6 is 11.3 Å². The van der Waals surface area contributed by atoms with Gasteiger partial charge in [0.25, 0.3) is 0 Å². The molecule has 1 aliphatic heterocycles. The number of fused-ring (bicyclic) bond motifs is 1. The number of thiazole rings is 1. The van der Waals surface area contributed by atoms with Crippen molar-refractivity contribution in [2.75, 3.05) is 31.1 Å². The number of hydrogen-bond acceptors (Lipinski definition) is 6. The summed E-state index contributed by atoms with van der Waals surface area (Å²) in [6, 6.07) is 11.9. The molecule has 1 aromatic carbocycles. The van der Waals surface area contributed by atoms with Crippen molar-refractivity contribution in [3.8, 4) is 0 Å². The molecule has 0 aliphatic carbocycles. The summed E-state index contributed by atoms with van der Waals surface area (Å²) >= 11 is 1.74. The second-order valence-corrected chi connectivity index (χ2v) is 6.74. The molecule has 2 aromatic heterocycles. The van der Waals surface area contributed by atoms with E-state index in [1.165, 1.54) is 4.70 Å². The third-order valence-corrected chi connectivity index (χ3v) is 5.32. The molecule has 5 nitrogen and oxygen atoms in total. The number of anilines is 1. The fraction of sp³-hybridized carbons (Fsp3) is 0.353. The highest BCUT2D eigenvalue weighted by Crippen LogP contribution is 2.29. The van der Waals surface area contributed by atoms with E-state index in [1.807, 2.05) is 24.3 Å². The van der Waals surface area contributed by atoms with Crippen LogP contribution in [0, 0.1) is 0 Å². The Bertz CT molecular complexity index is 738. The van der Waals surface area contributed by atoms with E-state index in [1.54, 1.807) is 17.6 Å². The van der Waals surface area contributed by atoms with Gasteiger partial charge in [0.15, 0.2) is 11.4 Å². The second kappa shape index (κ2) is 6.31. The average Bonchev–Trinajstić information content (AvgIpc) is 3.19. The summed E-state index contributed by atoms with van der Waals surface area (Å²) in [4.78, 5) is 9.12. The average molecular weight is 329 g/mol. The molecule has 23 heavy (non-hydrogen) atoms. The largest absolute Gasteiger partial charge is 0.465 e. The Morgan fingerprint density at radius 3 is 2.83 bits per heavy atom. The predicted molar refractivity (Wildman–Crippen MR) is 91.7 cm³/mol. The number of furan rings is 1. The molecule has 120 valence electrons. The molecule has 3 heterocycles. The Morgan fingerprint density at radius 2 is 2.00 bits per heavy atom. The number of aliphatic hydroxyl groups is 1. The SMILES string of the molecule is OC(c1ccco1)N1CCCN(c2nc3ccccc3s2)CC1. The smallest absolute Gasteiger partial charge is 0.186 e. The monoisotopic (exact) mass is 329 g/mol. The number of aromatic nitrogens is 1. The number of aliphatic hydroxyl groups excluding tert-OH is 1. The quantitative estimate of drug-likeness (QED) is 0.800. The van der Waals surface area contributed by atoms with E-state index in [-0.39, 0.29) is 0 Å². The first-order valence-corrected chi connectivity index (χ1v) is 8.69. The molecule has 1 aliphatic rings. The van der Waals surface area contributed by atoms with Gasteiger partial charge in [-0.25, -0.2) is 4.98 Å². The molecule has 0 saturated carbocycles. The zero-order chi connectivity index (χ0) is 15.6. The zero-order valence-corrected chi connectivity index (χ0v) is 13.6. The Balaban J connectivity index is 1.48. The van der Waals surface area contributed by atoms with E-state index >= 15 is 0 Å². The lowest BCUT2D eigenvalue weighted by atomic mass is 10.3. The van der Waals surface area contributed by atoms with Crippen molar-refractivity contribution in [3.05, 3.63) is 48.4 Å². The first-order valence-electron chi connectivity index (χ1n) is 7.87. The van der Waals surface area contributed by atoms with Crippen molar-refractivity contribution < 1.29 is 9.52 Å². The minimum atomic E-state index is -0.666. The van der Waals surface area contributed by atoms with Gasteiger partial charge in [-0.3, -0.25) is 4.90 Å². The van der Waals surface area contributed by atoms with E-state index in [0.29, 0.717) is 5.76 Å². The van der Waals surface area contributed by atoms with Gasteiger partial charge in [0.2, 0.25) is 0 Å². The number of benzene rings is 1. The van der Waals surface area contributed by atoms with Crippen LogP contribution in [0.2, 0.25) is 0 Å². The molecule has 1 saturated heterocycles. The lowest BCUT2D eigenvalue weighted by Gasteiger charge is -2.25. The van der Waals surface area contributed by atoms with E-state index in [9.17, 15) is 5.11 Å². The zero-order valence-electron chi connectivity index (χ0n) is 12.8. The first kappa shape index (κ1) is 14.7. The summed E-state index contributed by atoms with van der Waals surface area (Å²) in [6.07, 6.45) is 1.93. The van der Waals surface area contributed by atoms with Gasteiger partial charge in [-0.2, -0.15) is 0 Å². The summed E-state index contributed by atoms with van der Waals surface area (Å²) in [7, 11) is 0. The van der Waals surface area contributed by atoms with Crippen molar-refractivity contribution in [1.82, 2.24) is 9.88 Å². The normalized spacial score (nSPS) is 18.2. The molecule has 0 bridgehead atoms. The Hall–Kier alpha value is -1.89. The van der Waals surface area contributed by atoms with Gasteiger partial charge in [0.1, 0.15) is 5.76 Å². The third-order valence-electron chi connectivity index (χ3n) is 4.23. The molecular formula is C17H19N3O2S. The van der Waals surface area contributed by atoms with Crippen molar-refractivity contribution in [3.63, 3.8) is 0 Å². The summed E-state index contributed by atoms with van der Waals surface area (Å²) < 4.78 is 6.55. The maximum absolute atomic E-state index is 10.4. The fourth-order valence-electron chi connectivity index (χ4n) is 2.99. The molecule has 4 rings (SSSR count). The molecule has 0 amide bonds. The van der Waals surface area contributed by atoms with Crippen LogP contribution < -0.4 is 4.90 Å². The van der Waals surface area contributed by atoms with Crippen molar-refractivity contribution in [2.24, 2.45) is 0 Å². The second-order valence-electron chi connectivity index (χ2n) is 5.73. The van der Waals surface area contributed by atoms with Crippen LogP contribution in [0.5, 0.6) is 0 Å². The van der Waals surface area contributed by atoms with Crippen molar-refractivity contribution in [2.45, 2.75) is 12.6 Å². The van der Waals surface area contributed by atoms with Crippen LogP contribution in [-0.2, 0) is 0 Å². The van der Waals surface area contributed by atoms with Gasteiger partial charge in [0.05, 0.1) is 16.5 Å². The van der Waals surface area contributed by atoms with E-state index in [4.69, 9.17) is 9.40 Å². The van der Waals surface area contributed by atoms with Gasteiger partial charge < -0.3 is 14.4 Å². The molecule has 0 radical (unpaired) electrons. The van der Waals surface area contributed by atoms with Gasteiger partial charge >= 0.3 is 0 Å². The highest BCUT2D eigenvalue weighted by Gasteiger charge is 2.24. The maximum atomic E-state index is 10.4. The number of rotatable bonds is 3. The van der Waals surface area contributed by atoms with Gasteiger partial charge in [-0.05, 0) is 30.7 Å². The fourth-order valence-corrected chi connectivity index (χ4v) is 4.00. The minimum Gasteiger partial charge on any atom is -0.465 e. The lowest BCUT2D eigenvalue weighted by molar-refractivity contribution is -0.00959. The lowest BCUT2D eigenvalue weighted by Crippen LogP contribution is -2.33. The van der Waals surface area contributed by atoms with E-state index < -0.39 is 6.23 Å². The molecule has 1 unspecified atom stereocenters. The molecule has 1 N–H and O–H groups in total. The number of nitrogens with zero attached hydrogens (tertiary/aromatic N) is 3. The number of para-hydroxylation sites is 1. The summed E-state index contributed by atoms with van der Waals surface area (Å²) in [5.74, 6) is 0.610. The topological polar surface area (TPSA) is 52.7 Å². The minimum absolute atomic E-state index is 0.610. The van der Waals surface area contributed by atoms with E-state index in [0.717, 1.165) is 43.2 Å². The molecule has 1 fully saturated rings. The highest BCUT2D eigenvalue weighted by molar-refractivity contribution is 7.22. The molecule has 6 heteroatoms. The molecular weight excluding hydrogens is 310 g/mol. The van der Waals surface area contributed by atoms with Crippen LogP contribution in [0.1, 0.15) is 18.4 Å².